The summed E-state index contributed by atoms with van der Waals surface area (Å²) in [7, 11) is 0. The number of carbonyl (C=O) groups excluding carboxylic acids is 1. The summed E-state index contributed by atoms with van der Waals surface area (Å²) < 4.78 is 0. The summed E-state index contributed by atoms with van der Waals surface area (Å²) in [5.74, 6) is -0.0741. The van der Waals surface area contributed by atoms with Crippen LogP contribution >= 0.6 is 22.9 Å². The number of benzene rings is 1. The average Bonchev–Trinajstić information content (AvgIpc) is 3.04. The van der Waals surface area contributed by atoms with Crippen LogP contribution in [0.2, 0.25) is 5.02 Å². The highest BCUT2D eigenvalue weighted by atomic mass is 35.5. The van der Waals surface area contributed by atoms with E-state index in [4.69, 9.17) is 11.6 Å². The van der Waals surface area contributed by atoms with Crippen molar-refractivity contribution < 1.29 is 4.79 Å². The van der Waals surface area contributed by atoms with Crippen LogP contribution in [0, 0.1) is 6.92 Å². The first-order valence-electron chi connectivity index (χ1n) is 8.66. The molecule has 0 unspecified atom stereocenters. The van der Waals surface area contributed by atoms with Gasteiger partial charge in [-0.3, -0.25) is 14.6 Å². The van der Waals surface area contributed by atoms with Crippen LogP contribution in [0.25, 0.3) is 0 Å². The largest absolute Gasteiger partial charge is 0.296 e. The number of halogens is 1. The van der Waals surface area contributed by atoms with Gasteiger partial charge in [0, 0.05) is 42.6 Å². The molecule has 1 fully saturated rings. The van der Waals surface area contributed by atoms with Crippen LogP contribution in [0.1, 0.15) is 16.0 Å². The molecule has 1 aromatic heterocycles. The molecule has 0 atom stereocenters. The van der Waals surface area contributed by atoms with E-state index in [1.165, 1.54) is 5.56 Å². The van der Waals surface area contributed by atoms with Crippen molar-refractivity contribution in [1.29, 1.82) is 0 Å². The van der Waals surface area contributed by atoms with Crippen molar-refractivity contribution >= 4 is 35.1 Å². The van der Waals surface area contributed by atoms with Crippen molar-refractivity contribution in [3.05, 3.63) is 56.7 Å². The predicted molar refractivity (Wildman–Crippen MR) is 108 cm³/mol. The lowest BCUT2D eigenvalue weighted by atomic mass is 10.2. The lowest BCUT2D eigenvalue weighted by Crippen LogP contribution is -2.48. The zero-order valence-corrected chi connectivity index (χ0v) is 16.4. The average molecular weight is 391 g/mol. The minimum absolute atomic E-state index is 0.0741. The van der Waals surface area contributed by atoms with Gasteiger partial charge in [0.25, 0.3) is 5.91 Å². The molecule has 3 rings (SSSR count). The topological polar surface area (TPSA) is 47.9 Å². The molecule has 1 N–H and O–H groups in total. The fraction of sp³-hybridized carbons (Fsp3) is 0.368. The van der Waals surface area contributed by atoms with E-state index in [9.17, 15) is 4.79 Å². The molecule has 1 aromatic carbocycles. The lowest BCUT2D eigenvalue weighted by molar-refractivity contribution is -0.122. The van der Waals surface area contributed by atoms with Crippen LogP contribution in [-0.2, 0) is 11.3 Å². The second-order valence-corrected chi connectivity index (χ2v) is 7.76. The van der Waals surface area contributed by atoms with Crippen LogP contribution in [-0.4, -0.2) is 54.6 Å². The standard InChI is InChI=1S/C19H23ClN4OS/c1-15-6-11-26-18(15)12-21-22-19(25)14-24-9-7-23(8-10-24)13-16-4-2-3-5-17(16)20/h2-6,11-12H,7-10,13-14H2,1H3,(H,22,25)/b21-12-. The minimum Gasteiger partial charge on any atom is -0.296 e. The van der Waals surface area contributed by atoms with Gasteiger partial charge in [0.15, 0.2) is 0 Å². The summed E-state index contributed by atoms with van der Waals surface area (Å²) in [4.78, 5) is 17.6. The second-order valence-electron chi connectivity index (χ2n) is 6.40. The highest BCUT2D eigenvalue weighted by molar-refractivity contribution is 7.11. The summed E-state index contributed by atoms with van der Waals surface area (Å²) in [6.07, 6.45) is 1.71. The van der Waals surface area contributed by atoms with Crippen molar-refractivity contribution in [3.63, 3.8) is 0 Å². The summed E-state index contributed by atoms with van der Waals surface area (Å²) in [6.45, 7) is 6.84. The summed E-state index contributed by atoms with van der Waals surface area (Å²) >= 11 is 7.85. The Bertz CT molecular complexity index is 768. The zero-order chi connectivity index (χ0) is 18.4. The van der Waals surface area contributed by atoms with E-state index in [-0.39, 0.29) is 5.91 Å². The number of rotatable bonds is 6. The molecule has 0 radical (unpaired) electrons. The molecule has 2 heterocycles. The number of hydrazone groups is 1. The van der Waals surface area contributed by atoms with Crippen LogP contribution < -0.4 is 5.43 Å². The van der Waals surface area contributed by atoms with E-state index in [2.05, 4.69) is 26.4 Å². The van der Waals surface area contributed by atoms with Crippen LogP contribution in [0.5, 0.6) is 0 Å². The molecule has 0 bridgehead atoms. The quantitative estimate of drug-likeness (QED) is 0.609. The van der Waals surface area contributed by atoms with E-state index in [1.54, 1.807) is 17.6 Å². The molecular formula is C19H23ClN4OS. The number of nitrogens with zero attached hydrogens (tertiary/aromatic N) is 3. The van der Waals surface area contributed by atoms with Crippen molar-refractivity contribution in [3.8, 4) is 0 Å². The third kappa shape index (κ3) is 5.38. The Labute approximate surface area is 163 Å². The summed E-state index contributed by atoms with van der Waals surface area (Å²) in [5.41, 5.74) is 4.94. The third-order valence-corrected chi connectivity index (χ3v) is 5.78. The third-order valence-electron chi connectivity index (χ3n) is 4.46. The van der Waals surface area contributed by atoms with E-state index < -0.39 is 0 Å². The molecule has 1 aliphatic heterocycles. The molecule has 1 amide bonds. The van der Waals surface area contributed by atoms with Gasteiger partial charge in [0.2, 0.25) is 0 Å². The van der Waals surface area contributed by atoms with Gasteiger partial charge >= 0.3 is 0 Å². The molecule has 26 heavy (non-hydrogen) atoms. The Morgan fingerprint density at radius 3 is 2.65 bits per heavy atom. The molecule has 138 valence electrons. The number of nitrogens with one attached hydrogen (secondary N) is 1. The number of hydrogen-bond donors (Lipinski definition) is 1. The maximum Gasteiger partial charge on any atom is 0.254 e. The summed E-state index contributed by atoms with van der Waals surface area (Å²) in [6, 6.07) is 9.99. The first kappa shape index (κ1) is 19.0. The Kier molecular flexibility index (Phi) is 6.80. The predicted octanol–water partition coefficient (Wildman–Crippen LogP) is 2.98. The number of aryl methyl sites for hydroxylation is 1. The van der Waals surface area contributed by atoms with Crippen LogP contribution in [0.15, 0.2) is 40.8 Å². The molecule has 1 aliphatic rings. The molecule has 0 aliphatic carbocycles. The van der Waals surface area contributed by atoms with Gasteiger partial charge in [-0.2, -0.15) is 5.10 Å². The second kappa shape index (κ2) is 9.28. The number of carbonyl (C=O) groups is 1. The molecule has 7 heteroatoms. The Hall–Kier alpha value is -1.73. The van der Waals surface area contributed by atoms with Crippen molar-refractivity contribution in [2.24, 2.45) is 5.10 Å². The maximum atomic E-state index is 12.0. The van der Waals surface area contributed by atoms with E-state index in [1.807, 2.05) is 36.6 Å². The van der Waals surface area contributed by atoms with Gasteiger partial charge in [-0.15, -0.1) is 11.3 Å². The van der Waals surface area contributed by atoms with Gasteiger partial charge in [-0.05, 0) is 35.6 Å². The molecule has 0 saturated carbocycles. The number of hydrogen-bond acceptors (Lipinski definition) is 5. The molecule has 1 saturated heterocycles. The molecular weight excluding hydrogens is 368 g/mol. The Morgan fingerprint density at radius 1 is 1.23 bits per heavy atom. The fourth-order valence-corrected chi connectivity index (χ4v) is 3.87. The van der Waals surface area contributed by atoms with Gasteiger partial charge < -0.3 is 0 Å². The first-order valence-corrected chi connectivity index (χ1v) is 9.91. The van der Waals surface area contributed by atoms with Gasteiger partial charge in [-0.1, -0.05) is 29.8 Å². The Balaban J connectivity index is 1.39. The fourth-order valence-electron chi connectivity index (χ4n) is 2.89. The highest BCUT2D eigenvalue weighted by Gasteiger charge is 2.19. The zero-order valence-electron chi connectivity index (χ0n) is 14.8. The smallest absolute Gasteiger partial charge is 0.254 e. The summed E-state index contributed by atoms with van der Waals surface area (Å²) in [5, 5.41) is 6.88. The van der Waals surface area contributed by atoms with Gasteiger partial charge in [0.05, 0.1) is 12.8 Å². The van der Waals surface area contributed by atoms with E-state index in [0.717, 1.165) is 48.2 Å². The van der Waals surface area contributed by atoms with Gasteiger partial charge in [0.1, 0.15) is 0 Å². The lowest BCUT2D eigenvalue weighted by Gasteiger charge is -2.34. The number of amides is 1. The molecule has 2 aromatic rings. The number of thiophene rings is 1. The van der Waals surface area contributed by atoms with Crippen LogP contribution in [0.4, 0.5) is 0 Å². The highest BCUT2D eigenvalue weighted by Crippen LogP contribution is 2.17. The van der Waals surface area contributed by atoms with Crippen molar-refractivity contribution in [1.82, 2.24) is 15.2 Å². The number of piperazine rings is 1. The van der Waals surface area contributed by atoms with Crippen molar-refractivity contribution in [2.45, 2.75) is 13.5 Å². The Morgan fingerprint density at radius 2 is 1.96 bits per heavy atom. The maximum absolute atomic E-state index is 12.0. The van der Waals surface area contributed by atoms with Crippen molar-refractivity contribution in [2.75, 3.05) is 32.7 Å². The minimum atomic E-state index is -0.0741. The van der Waals surface area contributed by atoms with E-state index in [0.29, 0.717) is 6.54 Å². The van der Waals surface area contributed by atoms with Crippen LogP contribution in [0.3, 0.4) is 0 Å². The molecule has 5 nitrogen and oxygen atoms in total. The monoisotopic (exact) mass is 390 g/mol. The normalized spacial score (nSPS) is 16.2. The molecule has 0 spiro atoms. The SMILES string of the molecule is Cc1ccsc1/C=N\NC(=O)CN1CCN(Cc2ccccc2Cl)CC1. The van der Waals surface area contributed by atoms with Gasteiger partial charge in [-0.25, -0.2) is 5.43 Å². The van der Waals surface area contributed by atoms with E-state index >= 15 is 0 Å². The first-order chi connectivity index (χ1) is 12.6.